The SMILES string of the molecule is O=C(c1cccs1)N(Cc1ccccc1F)CC1CC(c2ccccc2)=NO1. The highest BCUT2D eigenvalue weighted by Gasteiger charge is 2.28. The fourth-order valence-corrected chi connectivity index (χ4v) is 3.87. The van der Waals surface area contributed by atoms with Crippen LogP contribution in [0.15, 0.2) is 77.3 Å². The predicted octanol–water partition coefficient (Wildman–Crippen LogP) is 4.72. The van der Waals surface area contributed by atoms with Crippen molar-refractivity contribution in [3.63, 3.8) is 0 Å². The largest absolute Gasteiger partial charge is 0.390 e. The molecule has 2 heterocycles. The third kappa shape index (κ3) is 4.12. The third-order valence-electron chi connectivity index (χ3n) is 4.60. The molecule has 3 aromatic rings. The first kappa shape index (κ1) is 18.4. The van der Waals surface area contributed by atoms with E-state index in [1.165, 1.54) is 17.4 Å². The number of hydrogen-bond acceptors (Lipinski definition) is 4. The van der Waals surface area contributed by atoms with Gasteiger partial charge in [-0.3, -0.25) is 4.79 Å². The van der Waals surface area contributed by atoms with Crippen LogP contribution < -0.4 is 0 Å². The third-order valence-corrected chi connectivity index (χ3v) is 5.46. The number of halogens is 1. The topological polar surface area (TPSA) is 41.9 Å². The molecule has 0 fully saturated rings. The first-order chi connectivity index (χ1) is 13.7. The van der Waals surface area contributed by atoms with Gasteiger partial charge in [-0.15, -0.1) is 11.3 Å². The Hall–Kier alpha value is -2.99. The number of carbonyl (C=O) groups is 1. The van der Waals surface area contributed by atoms with Crippen LogP contribution in [0.2, 0.25) is 0 Å². The van der Waals surface area contributed by atoms with Crippen molar-refractivity contribution < 1.29 is 14.0 Å². The summed E-state index contributed by atoms with van der Waals surface area (Å²) in [6.45, 7) is 0.523. The summed E-state index contributed by atoms with van der Waals surface area (Å²) in [6.07, 6.45) is 0.348. The summed E-state index contributed by atoms with van der Waals surface area (Å²) < 4.78 is 14.2. The standard InChI is InChI=1S/C22H19FN2O2S/c23-19-10-5-4-9-17(19)14-25(22(26)21-11-6-12-28-21)15-18-13-20(24-27-18)16-7-2-1-3-8-16/h1-12,18H,13-15H2. The molecule has 28 heavy (non-hydrogen) atoms. The lowest BCUT2D eigenvalue weighted by Crippen LogP contribution is -2.37. The van der Waals surface area contributed by atoms with Gasteiger partial charge in [0, 0.05) is 18.5 Å². The summed E-state index contributed by atoms with van der Waals surface area (Å²) in [5, 5.41) is 6.05. The van der Waals surface area contributed by atoms with Gasteiger partial charge in [0.15, 0.2) is 6.10 Å². The van der Waals surface area contributed by atoms with Crippen molar-refractivity contribution >= 4 is 23.0 Å². The van der Waals surface area contributed by atoms with Crippen molar-refractivity contribution in [3.8, 4) is 0 Å². The van der Waals surface area contributed by atoms with Crippen LogP contribution in [0.5, 0.6) is 0 Å². The van der Waals surface area contributed by atoms with E-state index in [2.05, 4.69) is 5.16 Å². The summed E-state index contributed by atoms with van der Waals surface area (Å²) in [6, 6.07) is 20.0. The van der Waals surface area contributed by atoms with Crippen LogP contribution in [0.1, 0.15) is 27.2 Å². The minimum absolute atomic E-state index is 0.130. The van der Waals surface area contributed by atoms with E-state index in [9.17, 15) is 9.18 Å². The van der Waals surface area contributed by atoms with Crippen molar-refractivity contribution in [2.45, 2.75) is 19.1 Å². The highest BCUT2D eigenvalue weighted by Crippen LogP contribution is 2.21. The van der Waals surface area contributed by atoms with E-state index in [4.69, 9.17) is 4.84 Å². The molecule has 1 unspecified atom stereocenters. The summed E-state index contributed by atoms with van der Waals surface area (Å²) in [5.41, 5.74) is 2.35. The van der Waals surface area contributed by atoms with Crippen LogP contribution in [0.4, 0.5) is 4.39 Å². The number of thiophene rings is 1. The van der Waals surface area contributed by atoms with E-state index >= 15 is 0 Å². The molecule has 0 radical (unpaired) electrons. The second-order valence-corrected chi connectivity index (χ2v) is 7.54. The molecule has 1 atom stereocenters. The fraction of sp³-hybridized carbons (Fsp3) is 0.182. The number of amides is 1. The van der Waals surface area contributed by atoms with Gasteiger partial charge >= 0.3 is 0 Å². The molecule has 1 aliphatic rings. The summed E-state index contributed by atoms with van der Waals surface area (Å²) >= 11 is 1.38. The zero-order valence-electron chi connectivity index (χ0n) is 15.1. The lowest BCUT2D eigenvalue weighted by Gasteiger charge is -2.24. The predicted molar refractivity (Wildman–Crippen MR) is 108 cm³/mol. The van der Waals surface area contributed by atoms with Crippen LogP contribution in [0, 0.1) is 5.82 Å². The Labute approximate surface area is 166 Å². The van der Waals surface area contributed by atoms with E-state index in [0.717, 1.165) is 11.3 Å². The number of rotatable bonds is 6. The maximum atomic E-state index is 14.2. The molecular formula is C22H19FN2O2S. The van der Waals surface area contributed by atoms with Crippen LogP contribution in [0.3, 0.4) is 0 Å². The van der Waals surface area contributed by atoms with Gasteiger partial charge in [0.1, 0.15) is 5.82 Å². The molecule has 0 bridgehead atoms. The second kappa shape index (κ2) is 8.35. The average Bonchev–Trinajstić information content (AvgIpc) is 3.41. The van der Waals surface area contributed by atoms with Gasteiger partial charge in [0.25, 0.3) is 5.91 Å². The quantitative estimate of drug-likeness (QED) is 0.607. The van der Waals surface area contributed by atoms with Crippen molar-refractivity contribution in [3.05, 3.63) is 93.9 Å². The fourth-order valence-electron chi connectivity index (χ4n) is 3.18. The van der Waals surface area contributed by atoms with Gasteiger partial charge in [0.05, 0.1) is 17.1 Å². The van der Waals surface area contributed by atoms with Gasteiger partial charge in [-0.25, -0.2) is 4.39 Å². The number of benzene rings is 2. The Morgan fingerprint density at radius 1 is 1.11 bits per heavy atom. The average molecular weight is 394 g/mol. The molecule has 4 nitrogen and oxygen atoms in total. The van der Waals surface area contributed by atoms with E-state index in [-0.39, 0.29) is 24.4 Å². The van der Waals surface area contributed by atoms with Gasteiger partial charge in [-0.05, 0) is 23.1 Å². The molecule has 0 saturated carbocycles. The van der Waals surface area contributed by atoms with Gasteiger partial charge in [0.2, 0.25) is 0 Å². The van der Waals surface area contributed by atoms with E-state index in [0.29, 0.717) is 23.4 Å². The van der Waals surface area contributed by atoms with Gasteiger partial charge in [-0.2, -0.15) is 0 Å². The normalized spacial score (nSPS) is 15.8. The van der Waals surface area contributed by atoms with Crippen molar-refractivity contribution in [2.24, 2.45) is 5.16 Å². The minimum atomic E-state index is -0.319. The number of nitrogens with zero attached hydrogens (tertiary/aromatic N) is 2. The molecule has 0 spiro atoms. The molecule has 1 aliphatic heterocycles. The van der Waals surface area contributed by atoms with Crippen LogP contribution in [-0.4, -0.2) is 29.2 Å². The maximum absolute atomic E-state index is 14.2. The molecule has 2 aromatic carbocycles. The number of oxime groups is 1. The molecule has 1 aromatic heterocycles. The minimum Gasteiger partial charge on any atom is -0.390 e. The molecule has 0 aliphatic carbocycles. The maximum Gasteiger partial charge on any atom is 0.264 e. The summed E-state index contributed by atoms with van der Waals surface area (Å²) in [7, 11) is 0. The van der Waals surface area contributed by atoms with Crippen LogP contribution >= 0.6 is 11.3 Å². The lowest BCUT2D eigenvalue weighted by molar-refractivity contribution is 0.0406. The van der Waals surface area contributed by atoms with Crippen molar-refractivity contribution in [1.82, 2.24) is 4.90 Å². The molecule has 0 N–H and O–H groups in total. The molecule has 4 rings (SSSR count). The highest BCUT2D eigenvalue weighted by molar-refractivity contribution is 7.12. The van der Waals surface area contributed by atoms with E-state index < -0.39 is 0 Å². The molecule has 1 amide bonds. The second-order valence-electron chi connectivity index (χ2n) is 6.59. The van der Waals surface area contributed by atoms with Crippen LogP contribution in [0.25, 0.3) is 0 Å². The molecule has 0 saturated heterocycles. The van der Waals surface area contributed by atoms with Gasteiger partial charge in [-0.1, -0.05) is 59.8 Å². The number of hydrogen-bond donors (Lipinski definition) is 0. The lowest BCUT2D eigenvalue weighted by atomic mass is 10.0. The van der Waals surface area contributed by atoms with Crippen molar-refractivity contribution in [2.75, 3.05) is 6.54 Å². The zero-order valence-corrected chi connectivity index (χ0v) is 15.9. The Morgan fingerprint density at radius 2 is 1.89 bits per heavy atom. The molecular weight excluding hydrogens is 375 g/mol. The van der Waals surface area contributed by atoms with Crippen molar-refractivity contribution in [1.29, 1.82) is 0 Å². The first-order valence-corrected chi connectivity index (χ1v) is 9.93. The van der Waals surface area contributed by atoms with E-state index in [1.807, 2.05) is 41.8 Å². The monoisotopic (exact) mass is 394 g/mol. The summed E-state index contributed by atoms with van der Waals surface area (Å²) in [4.78, 5) is 20.8. The molecule has 142 valence electrons. The highest BCUT2D eigenvalue weighted by atomic mass is 32.1. The Morgan fingerprint density at radius 3 is 2.64 bits per heavy atom. The number of carbonyl (C=O) groups excluding carboxylic acids is 1. The van der Waals surface area contributed by atoms with Crippen LogP contribution in [-0.2, 0) is 11.4 Å². The Balaban J connectivity index is 1.50. The molecule has 6 heteroatoms. The smallest absolute Gasteiger partial charge is 0.264 e. The zero-order chi connectivity index (χ0) is 19.3. The Bertz CT molecular complexity index is 973. The summed E-state index contributed by atoms with van der Waals surface area (Å²) in [5.74, 6) is -0.449. The first-order valence-electron chi connectivity index (χ1n) is 9.05. The Kier molecular flexibility index (Phi) is 5.48. The van der Waals surface area contributed by atoms with E-state index in [1.54, 1.807) is 29.2 Å². The van der Waals surface area contributed by atoms with Gasteiger partial charge < -0.3 is 9.74 Å².